The highest BCUT2D eigenvalue weighted by Crippen LogP contribution is 2.24. The van der Waals surface area contributed by atoms with Gasteiger partial charge in [-0.25, -0.2) is 0 Å². The predicted octanol–water partition coefficient (Wildman–Crippen LogP) is 2.99. The normalized spacial score (nSPS) is 11.1. The van der Waals surface area contributed by atoms with Crippen molar-refractivity contribution < 1.29 is 4.74 Å². The minimum atomic E-state index is 0. The molecule has 5 heteroatoms. The molecule has 2 aromatic carbocycles. The van der Waals surface area contributed by atoms with Crippen LogP contribution in [0.4, 0.5) is 0 Å². The van der Waals surface area contributed by atoms with Gasteiger partial charge in [-0.1, -0.05) is 60.7 Å². The van der Waals surface area contributed by atoms with Gasteiger partial charge in [-0.05, 0) is 11.1 Å². The van der Waals surface area contributed by atoms with Crippen LogP contribution in [0.3, 0.4) is 0 Å². The molecule has 2 rings (SSSR count). The number of rotatable bonds is 7. The summed E-state index contributed by atoms with van der Waals surface area (Å²) in [6, 6.07) is 20.8. The van der Waals surface area contributed by atoms with Crippen molar-refractivity contribution in [2.24, 2.45) is 10.7 Å². The van der Waals surface area contributed by atoms with E-state index in [0.717, 1.165) is 0 Å². The van der Waals surface area contributed by atoms with Crippen molar-refractivity contribution in [2.75, 3.05) is 26.8 Å². The van der Waals surface area contributed by atoms with E-state index in [4.69, 9.17) is 10.5 Å². The third kappa shape index (κ3) is 6.58. The summed E-state index contributed by atoms with van der Waals surface area (Å²) in [6.07, 6.45) is 0. The maximum Gasteiger partial charge on any atom is 0.188 e. The number of methoxy groups -OCH3 is 1. The number of halogens is 1. The fraction of sp³-hybridized carbons (Fsp3) is 0.278. The van der Waals surface area contributed by atoms with Crippen LogP contribution in [-0.2, 0) is 4.74 Å². The van der Waals surface area contributed by atoms with Gasteiger partial charge in [0.2, 0.25) is 0 Å². The molecule has 0 fully saturated rings. The van der Waals surface area contributed by atoms with E-state index < -0.39 is 0 Å². The van der Waals surface area contributed by atoms with Gasteiger partial charge in [-0.2, -0.15) is 0 Å². The quantitative estimate of drug-likeness (QED) is 0.311. The topological polar surface area (TPSA) is 59.6 Å². The number of nitrogens with zero attached hydrogens (tertiary/aromatic N) is 1. The SMILES string of the molecule is COCCNC(N)=NCC(c1ccccc1)c1ccccc1.I. The summed E-state index contributed by atoms with van der Waals surface area (Å²) in [5.74, 6) is 0.652. The number of ether oxygens (including phenoxy) is 1. The number of benzene rings is 2. The zero-order valence-corrected chi connectivity index (χ0v) is 15.6. The molecule has 0 radical (unpaired) electrons. The van der Waals surface area contributed by atoms with Crippen molar-refractivity contribution in [1.82, 2.24) is 5.32 Å². The lowest BCUT2D eigenvalue weighted by atomic mass is 9.91. The van der Waals surface area contributed by atoms with Crippen LogP contribution in [0.25, 0.3) is 0 Å². The standard InChI is InChI=1S/C18H23N3O.HI/c1-22-13-12-20-18(19)21-14-17(15-8-4-2-5-9-15)16-10-6-3-7-11-16;/h2-11,17H,12-14H2,1H3,(H3,19,20,21);1H. The van der Waals surface area contributed by atoms with Gasteiger partial charge in [-0.15, -0.1) is 24.0 Å². The first-order valence-electron chi connectivity index (χ1n) is 7.44. The number of hydrogen-bond acceptors (Lipinski definition) is 2. The van der Waals surface area contributed by atoms with Crippen LogP contribution in [0, 0.1) is 0 Å². The summed E-state index contributed by atoms with van der Waals surface area (Å²) in [6.45, 7) is 1.88. The molecule has 0 aliphatic rings. The number of aliphatic imine (C=N–C) groups is 1. The van der Waals surface area contributed by atoms with Gasteiger partial charge < -0.3 is 15.8 Å². The summed E-state index contributed by atoms with van der Waals surface area (Å²) in [5.41, 5.74) is 8.38. The summed E-state index contributed by atoms with van der Waals surface area (Å²) >= 11 is 0. The lowest BCUT2D eigenvalue weighted by molar-refractivity contribution is 0.204. The molecule has 124 valence electrons. The van der Waals surface area contributed by atoms with Crippen molar-refractivity contribution in [3.63, 3.8) is 0 Å². The first kappa shape index (κ1) is 19.4. The van der Waals surface area contributed by atoms with E-state index in [0.29, 0.717) is 25.7 Å². The average Bonchev–Trinajstić information content (AvgIpc) is 2.57. The van der Waals surface area contributed by atoms with Gasteiger partial charge in [-0.3, -0.25) is 4.99 Å². The second-order valence-corrected chi connectivity index (χ2v) is 5.02. The Kier molecular flexibility index (Phi) is 9.31. The fourth-order valence-corrected chi connectivity index (χ4v) is 2.30. The molecule has 0 saturated carbocycles. The van der Waals surface area contributed by atoms with E-state index in [1.807, 2.05) is 12.1 Å². The predicted molar refractivity (Wildman–Crippen MR) is 107 cm³/mol. The Bertz CT molecular complexity index is 536. The van der Waals surface area contributed by atoms with E-state index in [2.05, 4.69) is 58.8 Å². The summed E-state index contributed by atoms with van der Waals surface area (Å²) < 4.78 is 4.98. The minimum absolute atomic E-state index is 0. The van der Waals surface area contributed by atoms with Gasteiger partial charge in [0.05, 0.1) is 13.2 Å². The summed E-state index contributed by atoms with van der Waals surface area (Å²) in [7, 11) is 1.66. The van der Waals surface area contributed by atoms with Gasteiger partial charge in [0.1, 0.15) is 0 Å². The van der Waals surface area contributed by atoms with Crippen LogP contribution in [0.1, 0.15) is 17.0 Å². The smallest absolute Gasteiger partial charge is 0.188 e. The second kappa shape index (κ2) is 11.0. The molecule has 0 aromatic heterocycles. The highest BCUT2D eigenvalue weighted by Gasteiger charge is 2.13. The molecule has 4 nitrogen and oxygen atoms in total. The zero-order chi connectivity index (χ0) is 15.6. The average molecular weight is 425 g/mol. The molecule has 0 heterocycles. The molecule has 0 bridgehead atoms. The molecule has 0 aliphatic carbocycles. The molecule has 3 N–H and O–H groups in total. The van der Waals surface area contributed by atoms with Crippen molar-refractivity contribution in [1.29, 1.82) is 0 Å². The first-order valence-corrected chi connectivity index (χ1v) is 7.44. The molecule has 0 aliphatic heterocycles. The Morgan fingerprint density at radius 1 is 1.04 bits per heavy atom. The number of guanidine groups is 1. The maximum absolute atomic E-state index is 5.90. The summed E-state index contributed by atoms with van der Waals surface area (Å²) in [4.78, 5) is 4.48. The van der Waals surface area contributed by atoms with Crippen LogP contribution >= 0.6 is 24.0 Å². The van der Waals surface area contributed by atoms with Gasteiger partial charge in [0.15, 0.2) is 5.96 Å². The van der Waals surface area contributed by atoms with Gasteiger partial charge in [0.25, 0.3) is 0 Å². The van der Waals surface area contributed by atoms with E-state index in [1.54, 1.807) is 7.11 Å². The lowest BCUT2D eigenvalue weighted by Gasteiger charge is -2.16. The van der Waals surface area contributed by atoms with E-state index >= 15 is 0 Å². The molecule has 23 heavy (non-hydrogen) atoms. The minimum Gasteiger partial charge on any atom is -0.383 e. The van der Waals surface area contributed by atoms with Crippen LogP contribution in [0.5, 0.6) is 0 Å². The van der Waals surface area contributed by atoms with Crippen molar-refractivity contribution in [3.8, 4) is 0 Å². The summed E-state index contributed by atoms with van der Waals surface area (Å²) in [5, 5.41) is 3.04. The van der Waals surface area contributed by atoms with Gasteiger partial charge >= 0.3 is 0 Å². The Morgan fingerprint density at radius 3 is 2.04 bits per heavy atom. The third-order valence-corrected chi connectivity index (χ3v) is 3.46. The van der Waals surface area contributed by atoms with Crippen LogP contribution in [0.2, 0.25) is 0 Å². The molecule has 0 atom stereocenters. The van der Waals surface area contributed by atoms with E-state index in [1.165, 1.54) is 11.1 Å². The molecule has 0 amide bonds. The van der Waals surface area contributed by atoms with Crippen molar-refractivity contribution >= 4 is 29.9 Å². The number of nitrogens with one attached hydrogen (secondary N) is 1. The molecular weight excluding hydrogens is 401 g/mol. The van der Waals surface area contributed by atoms with Crippen LogP contribution < -0.4 is 11.1 Å². The highest BCUT2D eigenvalue weighted by atomic mass is 127. The highest BCUT2D eigenvalue weighted by molar-refractivity contribution is 14.0. The zero-order valence-electron chi connectivity index (χ0n) is 13.3. The largest absolute Gasteiger partial charge is 0.383 e. The molecule has 0 spiro atoms. The molecule has 2 aromatic rings. The van der Waals surface area contributed by atoms with Crippen molar-refractivity contribution in [2.45, 2.75) is 5.92 Å². The van der Waals surface area contributed by atoms with Crippen LogP contribution in [0.15, 0.2) is 65.7 Å². The second-order valence-electron chi connectivity index (χ2n) is 5.02. The Morgan fingerprint density at radius 2 is 1.57 bits per heavy atom. The molecular formula is C18H24IN3O. The number of hydrogen-bond donors (Lipinski definition) is 2. The lowest BCUT2D eigenvalue weighted by Crippen LogP contribution is -2.34. The monoisotopic (exact) mass is 425 g/mol. The Hall–Kier alpha value is -1.60. The Balaban J connectivity index is 0.00000264. The number of nitrogens with two attached hydrogens (primary N) is 1. The first-order chi connectivity index (χ1) is 10.8. The van der Waals surface area contributed by atoms with Crippen LogP contribution in [-0.4, -0.2) is 32.8 Å². The van der Waals surface area contributed by atoms with Crippen molar-refractivity contribution in [3.05, 3.63) is 71.8 Å². The van der Waals surface area contributed by atoms with E-state index in [-0.39, 0.29) is 29.9 Å². The Labute approximate surface area is 155 Å². The van der Waals surface area contributed by atoms with E-state index in [9.17, 15) is 0 Å². The van der Waals surface area contributed by atoms with Gasteiger partial charge in [0, 0.05) is 19.6 Å². The molecule has 0 saturated heterocycles. The molecule has 0 unspecified atom stereocenters. The third-order valence-electron chi connectivity index (χ3n) is 3.46. The maximum atomic E-state index is 5.90. The fourth-order valence-electron chi connectivity index (χ4n) is 2.30.